The van der Waals surface area contributed by atoms with Gasteiger partial charge in [0.1, 0.15) is 0 Å². The number of hydrogen-bond donors (Lipinski definition) is 2. The molecule has 9 nitrogen and oxygen atoms in total. The molecule has 1 fully saturated rings. The summed E-state index contributed by atoms with van der Waals surface area (Å²) in [5.41, 5.74) is 0. The lowest BCUT2D eigenvalue weighted by molar-refractivity contribution is -0.138. The van der Waals surface area contributed by atoms with Gasteiger partial charge in [-0.2, -0.15) is 0 Å². The standard InChI is InChI=1S/C14H28N2O6.H2O/c17-14(18)13-16-3-7-21-11-9-19-5-1-15-2-6-20-10-12-22-8-4-16;/h15H,1-13H2,(H,17,18);1H2. The highest BCUT2D eigenvalue weighted by molar-refractivity contribution is 5.69. The van der Waals surface area contributed by atoms with Crippen LogP contribution in [0.2, 0.25) is 0 Å². The minimum atomic E-state index is -0.846. The van der Waals surface area contributed by atoms with Crippen LogP contribution in [-0.2, 0) is 23.7 Å². The van der Waals surface area contributed by atoms with Crippen molar-refractivity contribution < 1.29 is 34.3 Å². The van der Waals surface area contributed by atoms with Crippen molar-refractivity contribution in [1.82, 2.24) is 10.2 Å². The van der Waals surface area contributed by atoms with Crippen molar-refractivity contribution in [2.24, 2.45) is 0 Å². The highest BCUT2D eigenvalue weighted by atomic mass is 16.5. The predicted molar refractivity (Wildman–Crippen MR) is 83.8 cm³/mol. The average Bonchev–Trinajstić information content (AvgIpc) is 2.48. The van der Waals surface area contributed by atoms with Gasteiger partial charge in [0.05, 0.1) is 59.4 Å². The highest BCUT2D eigenvalue weighted by Gasteiger charge is 2.09. The number of carbonyl (C=O) groups is 1. The molecule has 1 saturated heterocycles. The first-order chi connectivity index (χ1) is 10.8. The van der Waals surface area contributed by atoms with E-state index in [9.17, 15) is 4.79 Å². The first kappa shape index (κ1) is 22.2. The van der Waals surface area contributed by atoms with Gasteiger partial charge in [0.2, 0.25) is 0 Å². The number of carboxylic acid groups (broad SMARTS) is 1. The van der Waals surface area contributed by atoms with Gasteiger partial charge in [-0.15, -0.1) is 0 Å². The van der Waals surface area contributed by atoms with E-state index in [0.717, 1.165) is 13.1 Å². The SMILES string of the molecule is O.O=C(O)CN1CCOCCOCCNCCOCCOCC1. The molecule has 0 saturated carbocycles. The third-order valence-electron chi connectivity index (χ3n) is 3.05. The highest BCUT2D eigenvalue weighted by Crippen LogP contribution is 1.91. The fourth-order valence-electron chi connectivity index (χ4n) is 1.91. The Morgan fingerprint density at radius 2 is 1.26 bits per heavy atom. The number of aliphatic carboxylic acids is 1. The van der Waals surface area contributed by atoms with Crippen LogP contribution >= 0.6 is 0 Å². The third kappa shape index (κ3) is 14.5. The Hall–Kier alpha value is -0.810. The second-order valence-corrected chi connectivity index (χ2v) is 4.87. The lowest BCUT2D eigenvalue weighted by atomic mass is 10.4. The van der Waals surface area contributed by atoms with Gasteiger partial charge in [0.25, 0.3) is 0 Å². The molecule has 23 heavy (non-hydrogen) atoms. The molecule has 0 atom stereocenters. The van der Waals surface area contributed by atoms with E-state index >= 15 is 0 Å². The van der Waals surface area contributed by atoms with E-state index in [1.807, 2.05) is 0 Å². The van der Waals surface area contributed by atoms with E-state index in [1.54, 1.807) is 4.90 Å². The second kappa shape index (κ2) is 16.1. The zero-order chi connectivity index (χ0) is 15.9. The van der Waals surface area contributed by atoms with Gasteiger partial charge in [-0.25, -0.2) is 0 Å². The number of hydrogen-bond acceptors (Lipinski definition) is 7. The Labute approximate surface area is 137 Å². The minimum absolute atomic E-state index is 0. The second-order valence-electron chi connectivity index (χ2n) is 4.87. The summed E-state index contributed by atoms with van der Waals surface area (Å²) >= 11 is 0. The lowest BCUT2D eigenvalue weighted by Gasteiger charge is -2.20. The van der Waals surface area contributed by atoms with E-state index in [4.69, 9.17) is 24.1 Å². The maximum Gasteiger partial charge on any atom is 0.317 e. The molecule has 4 N–H and O–H groups in total. The topological polar surface area (TPSA) is 121 Å². The van der Waals surface area contributed by atoms with Gasteiger partial charge in [-0.1, -0.05) is 0 Å². The van der Waals surface area contributed by atoms with Crippen LogP contribution in [0, 0.1) is 0 Å². The van der Waals surface area contributed by atoms with Gasteiger partial charge in [0, 0.05) is 26.2 Å². The molecule has 0 spiro atoms. The van der Waals surface area contributed by atoms with Crippen molar-refractivity contribution in [2.45, 2.75) is 0 Å². The summed E-state index contributed by atoms with van der Waals surface area (Å²) in [6.07, 6.45) is 0. The van der Waals surface area contributed by atoms with Crippen LogP contribution in [0.5, 0.6) is 0 Å². The molecule has 0 aromatic heterocycles. The summed E-state index contributed by atoms with van der Waals surface area (Å²) in [4.78, 5) is 12.6. The molecule has 1 aliphatic rings. The first-order valence-electron chi connectivity index (χ1n) is 7.75. The van der Waals surface area contributed by atoms with Gasteiger partial charge in [0.15, 0.2) is 0 Å². The smallest absolute Gasteiger partial charge is 0.317 e. The predicted octanol–water partition coefficient (Wildman–Crippen LogP) is -1.78. The maximum absolute atomic E-state index is 10.8. The monoisotopic (exact) mass is 338 g/mol. The van der Waals surface area contributed by atoms with Crippen LogP contribution < -0.4 is 5.32 Å². The van der Waals surface area contributed by atoms with Crippen molar-refractivity contribution in [3.05, 3.63) is 0 Å². The number of ether oxygens (including phenoxy) is 4. The molecule has 0 aliphatic carbocycles. The Morgan fingerprint density at radius 3 is 1.70 bits per heavy atom. The van der Waals surface area contributed by atoms with Crippen LogP contribution in [0.1, 0.15) is 0 Å². The third-order valence-corrected chi connectivity index (χ3v) is 3.05. The lowest BCUT2D eigenvalue weighted by Crippen LogP contribution is -2.36. The van der Waals surface area contributed by atoms with Gasteiger partial charge in [-0.05, 0) is 0 Å². The number of nitrogens with zero attached hydrogens (tertiary/aromatic N) is 1. The fourth-order valence-corrected chi connectivity index (χ4v) is 1.91. The summed E-state index contributed by atoms with van der Waals surface area (Å²) in [5.74, 6) is -0.846. The van der Waals surface area contributed by atoms with Crippen molar-refractivity contribution in [2.75, 3.05) is 85.6 Å². The molecule has 0 bridgehead atoms. The molecule has 138 valence electrons. The van der Waals surface area contributed by atoms with Gasteiger partial charge >= 0.3 is 5.97 Å². The van der Waals surface area contributed by atoms with E-state index in [1.165, 1.54) is 0 Å². The molecule has 1 heterocycles. The van der Waals surface area contributed by atoms with Crippen molar-refractivity contribution >= 4 is 5.97 Å². The molecule has 0 radical (unpaired) electrons. The summed E-state index contributed by atoms with van der Waals surface area (Å²) in [7, 11) is 0. The summed E-state index contributed by atoms with van der Waals surface area (Å²) < 4.78 is 21.7. The Morgan fingerprint density at radius 1 is 0.826 bits per heavy atom. The van der Waals surface area contributed by atoms with Crippen molar-refractivity contribution in [3.63, 3.8) is 0 Å². The number of rotatable bonds is 2. The van der Waals surface area contributed by atoms with Crippen LogP contribution in [0.25, 0.3) is 0 Å². The minimum Gasteiger partial charge on any atom is -0.480 e. The van der Waals surface area contributed by atoms with Crippen LogP contribution in [0.15, 0.2) is 0 Å². The number of nitrogens with one attached hydrogen (secondary N) is 1. The molecule has 0 aromatic rings. The summed E-state index contributed by atoms with van der Waals surface area (Å²) in [6.45, 7) is 7.04. The van der Waals surface area contributed by atoms with Gasteiger partial charge in [-0.3, -0.25) is 9.69 Å². The Balaban J connectivity index is 0.00000484. The Kier molecular flexibility index (Phi) is 15.5. The van der Waals surface area contributed by atoms with Crippen LogP contribution in [0.4, 0.5) is 0 Å². The molecule has 1 rings (SSSR count). The molecular weight excluding hydrogens is 308 g/mol. The molecule has 1 aliphatic heterocycles. The molecule has 0 amide bonds. The Bertz CT molecular complexity index is 264. The summed E-state index contributed by atoms with van der Waals surface area (Å²) in [5, 5.41) is 12.1. The van der Waals surface area contributed by atoms with E-state index in [-0.39, 0.29) is 12.0 Å². The molecule has 0 unspecified atom stereocenters. The summed E-state index contributed by atoms with van der Waals surface area (Å²) in [6, 6.07) is 0. The zero-order valence-electron chi connectivity index (χ0n) is 13.6. The number of carboxylic acids is 1. The van der Waals surface area contributed by atoms with Crippen molar-refractivity contribution in [3.8, 4) is 0 Å². The van der Waals surface area contributed by atoms with Crippen LogP contribution in [0.3, 0.4) is 0 Å². The fraction of sp³-hybridized carbons (Fsp3) is 0.929. The van der Waals surface area contributed by atoms with E-state index < -0.39 is 5.97 Å². The average molecular weight is 338 g/mol. The first-order valence-corrected chi connectivity index (χ1v) is 7.75. The van der Waals surface area contributed by atoms with E-state index in [2.05, 4.69) is 5.32 Å². The maximum atomic E-state index is 10.8. The molecule has 0 aromatic carbocycles. The van der Waals surface area contributed by atoms with E-state index in [0.29, 0.717) is 65.9 Å². The molecular formula is C14H30N2O7. The van der Waals surface area contributed by atoms with Crippen LogP contribution in [-0.4, -0.2) is 107 Å². The quantitative estimate of drug-likeness (QED) is 0.606. The normalized spacial score (nSPS) is 21.6. The largest absolute Gasteiger partial charge is 0.480 e. The zero-order valence-corrected chi connectivity index (χ0v) is 13.6. The van der Waals surface area contributed by atoms with Crippen molar-refractivity contribution in [1.29, 1.82) is 0 Å². The molecule has 9 heteroatoms. The van der Waals surface area contributed by atoms with Gasteiger partial charge < -0.3 is 34.8 Å².